The SMILES string of the molecule is Cc1ccccc1C1(c2ccccc2C)OC(=O)C(c2ccccc2)(c2ccccc2)OC1=O. The van der Waals surface area contributed by atoms with Gasteiger partial charge < -0.3 is 9.47 Å². The van der Waals surface area contributed by atoms with Gasteiger partial charge in [-0.2, -0.15) is 0 Å². The van der Waals surface area contributed by atoms with Gasteiger partial charge in [0.1, 0.15) is 0 Å². The lowest BCUT2D eigenvalue weighted by molar-refractivity contribution is -0.220. The molecule has 0 unspecified atom stereocenters. The van der Waals surface area contributed by atoms with Gasteiger partial charge in [0.15, 0.2) is 0 Å². The van der Waals surface area contributed by atoms with E-state index in [2.05, 4.69) is 0 Å². The molecule has 0 N–H and O–H groups in total. The highest BCUT2D eigenvalue weighted by Gasteiger charge is 2.62. The normalized spacial score (nSPS) is 16.4. The molecule has 1 fully saturated rings. The van der Waals surface area contributed by atoms with Crippen LogP contribution in [-0.4, -0.2) is 11.9 Å². The van der Waals surface area contributed by atoms with Crippen molar-refractivity contribution in [2.24, 2.45) is 0 Å². The molecule has 34 heavy (non-hydrogen) atoms. The van der Waals surface area contributed by atoms with E-state index in [-0.39, 0.29) is 0 Å². The molecule has 1 saturated heterocycles. The summed E-state index contributed by atoms with van der Waals surface area (Å²) >= 11 is 0. The van der Waals surface area contributed by atoms with E-state index in [1.54, 1.807) is 24.3 Å². The van der Waals surface area contributed by atoms with Gasteiger partial charge in [0.05, 0.1) is 0 Å². The van der Waals surface area contributed by atoms with Crippen molar-refractivity contribution in [2.45, 2.75) is 25.0 Å². The number of benzene rings is 4. The Morgan fingerprint density at radius 1 is 0.471 bits per heavy atom. The number of cyclic esters (lactones) is 2. The number of carbonyl (C=O) groups is 2. The number of hydrogen-bond acceptors (Lipinski definition) is 4. The van der Waals surface area contributed by atoms with Crippen molar-refractivity contribution in [1.29, 1.82) is 0 Å². The van der Waals surface area contributed by atoms with Crippen molar-refractivity contribution in [1.82, 2.24) is 0 Å². The highest BCUT2D eigenvalue weighted by molar-refractivity contribution is 5.99. The summed E-state index contributed by atoms with van der Waals surface area (Å²) in [6, 6.07) is 32.9. The molecule has 0 bridgehead atoms. The maximum absolute atomic E-state index is 14.2. The van der Waals surface area contributed by atoms with Gasteiger partial charge in [-0.15, -0.1) is 0 Å². The Kier molecular flexibility index (Phi) is 5.29. The average Bonchev–Trinajstić information content (AvgIpc) is 2.87. The Bertz CT molecular complexity index is 1270. The molecule has 0 saturated carbocycles. The molecule has 4 nitrogen and oxygen atoms in total. The van der Waals surface area contributed by atoms with Crippen LogP contribution in [0.25, 0.3) is 0 Å². The van der Waals surface area contributed by atoms with Gasteiger partial charge in [0.2, 0.25) is 0 Å². The fourth-order valence-electron chi connectivity index (χ4n) is 4.78. The number of aryl methyl sites for hydroxylation is 2. The van der Waals surface area contributed by atoms with Gasteiger partial charge in [-0.3, -0.25) is 0 Å². The summed E-state index contributed by atoms with van der Waals surface area (Å²) in [5.41, 5.74) is 0.431. The molecule has 4 aromatic rings. The number of esters is 2. The minimum atomic E-state index is -1.72. The van der Waals surface area contributed by atoms with Crippen molar-refractivity contribution >= 4 is 11.9 Å². The molecule has 0 atom stereocenters. The van der Waals surface area contributed by atoms with Crippen LogP contribution in [0, 0.1) is 13.8 Å². The van der Waals surface area contributed by atoms with Gasteiger partial charge in [0, 0.05) is 22.3 Å². The highest BCUT2D eigenvalue weighted by Crippen LogP contribution is 2.48. The van der Waals surface area contributed by atoms with E-state index >= 15 is 0 Å². The lowest BCUT2D eigenvalue weighted by Gasteiger charge is -2.45. The van der Waals surface area contributed by atoms with Crippen molar-refractivity contribution in [3.05, 3.63) is 143 Å². The molecule has 1 aliphatic heterocycles. The first-order valence-electron chi connectivity index (χ1n) is 11.2. The van der Waals surface area contributed by atoms with Crippen LogP contribution in [0.5, 0.6) is 0 Å². The molecular weight excluding hydrogens is 424 g/mol. The summed E-state index contributed by atoms with van der Waals surface area (Å²) in [6.07, 6.45) is 0. The summed E-state index contributed by atoms with van der Waals surface area (Å²) in [5, 5.41) is 0. The predicted molar refractivity (Wildman–Crippen MR) is 129 cm³/mol. The molecule has 0 spiro atoms. The van der Waals surface area contributed by atoms with Gasteiger partial charge >= 0.3 is 11.9 Å². The second-order valence-electron chi connectivity index (χ2n) is 8.50. The van der Waals surface area contributed by atoms with Crippen LogP contribution in [0.3, 0.4) is 0 Å². The summed E-state index contributed by atoms with van der Waals surface area (Å²) in [6.45, 7) is 3.79. The van der Waals surface area contributed by atoms with Gasteiger partial charge in [0.25, 0.3) is 11.2 Å². The Balaban J connectivity index is 1.77. The van der Waals surface area contributed by atoms with E-state index in [0.717, 1.165) is 11.1 Å². The molecule has 0 aromatic heterocycles. The topological polar surface area (TPSA) is 52.6 Å². The van der Waals surface area contributed by atoms with Crippen LogP contribution >= 0.6 is 0 Å². The summed E-state index contributed by atoms with van der Waals surface area (Å²) in [7, 11) is 0. The Labute approximate surface area is 198 Å². The third-order valence-corrected chi connectivity index (χ3v) is 6.48. The molecule has 5 rings (SSSR count). The first-order valence-corrected chi connectivity index (χ1v) is 11.2. The fourth-order valence-corrected chi connectivity index (χ4v) is 4.78. The van der Waals surface area contributed by atoms with Crippen molar-refractivity contribution < 1.29 is 19.1 Å². The van der Waals surface area contributed by atoms with Crippen LogP contribution < -0.4 is 0 Å². The quantitative estimate of drug-likeness (QED) is 0.382. The highest BCUT2D eigenvalue weighted by atomic mass is 16.7. The second kappa shape index (κ2) is 8.31. The van der Waals surface area contributed by atoms with Gasteiger partial charge in [-0.25, -0.2) is 9.59 Å². The number of hydrogen-bond donors (Lipinski definition) is 0. The zero-order valence-electron chi connectivity index (χ0n) is 19.0. The molecule has 168 valence electrons. The summed E-state index contributed by atoms with van der Waals surface area (Å²) in [4.78, 5) is 28.4. The van der Waals surface area contributed by atoms with Crippen LogP contribution in [0.1, 0.15) is 33.4 Å². The van der Waals surface area contributed by atoms with E-state index < -0.39 is 23.1 Å². The maximum Gasteiger partial charge on any atom is 0.362 e. The van der Waals surface area contributed by atoms with Crippen LogP contribution in [0.15, 0.2) is 109 Å². The zero-order chi connectivity index (χ0) is 23.8. The van der Waals surface area contributed by atoms with Crippen LogP contribution in [0.4, 0.5) is 0 Å². The van der Waals surface area contributed by atoms with Gasteiger partial charge in [-0.05, 0) is 25.0 Å². The van der Waals surface area contributed by atoms with E-state index in [4.69, 9.17) is 9.47 Å². The molecular formula is C30H24O4. The summed E-state index contributed by atoms with van der Waals surface area (Å²) in [5.74, 6) is -1.28. The predicted octanol–water partition coefficient (Wildman–Crippen LogP) is 5.59. The molecule has 0 amide bonds. The monoisotopic (exact) mass is 448 g/mol. The Morgan fingerprint density at radius 2 is 0.824 bits per heavy atom. The second-order valence-corrected chi connectivity index (χ2v) is 8.50. The molecule has 0 radical (unpaired) electrons. The number of rotatable bonds is 4. The minimum absolute atomic E-state index is 0.530. The first kappa shape index (κ1) is 21.7. The summed E-state index contributed by atoms with van der Waals surface area (Å²) < 4.78 is 12.6. The number of carbonyl (C=O) groups excluding carboxylic acids is 2. The van der Waals surface area contributed by atoms with E-state index in [0.29, 0.717) is 22.3 Å². The average molecular weight is 449 g/mol. The van der Waals surface area contributed by atoms with E-state index in [1.165, 1.54) is 0 Å². The Hall–Kier alpha value is -4.18. The smallest absolute Gasteiger partial charge is 0.362 e. The van der Waals surface area contributed by atoms with E-state index in [1.807, 2.05) is 98.8 Å². The Morgan fingerprint density at radius 3 is 1.26 bits per heavy atom. The molecule has 1 aliphatic rings. The largest absolute Gasteiger partial charge is 0.433 e. The minimum Gasteiger partial charge on any atom is -0.433 e. The molecule has 0 aliphatic carbocycles. The lowest BCUT2D eigenvalue weighted by Crippen LogP contribution is -2.58. The van der Waals surface area contributed by atoms with Crippen molar-refractivity contribution in [2.75, 3.05) is 0 Å². The van der Waals surface area contributed by atoms with Gasteiger partial charge in [-0.1, -0.05) is 109 Å². The number of ether oxygens (including phenoxy) is 2. The van der Waals surface area contributed by atoms with Crippen molar-refractivity contribution in [3.63, 3.8) is 0 Å². The molecule has 1 heterocycles. The van der Waals surface area contributed by atoms with Crippen molar-refractivity contribution in [3.8, 4) is 0 Å². The lowest BCUT2D eigenvalue weighted by atomic mass is 9.78. The first-order chi connectivity index (χ1) is 16.5. The molecule has 4 aromatic carbocycles. The van der Waals surface area contributed by atoms with E-state index in [9.17, 15) is 9.59 Å². The van der Waals surface area contributed by atoms with Crippen LogP contribution in [-0.2, 0) is 30.3 Å². The third-order valence-electron chi connectivity index (χ3n) is 6.48. The zero-order valence-corrected chi connectivity index (χ0v) is 19.0. The fraction of sp³-hybridized carbons (Fsp3) is 0.133. The standard InChI is InChI=1S/C30H24O4/c1-21-13-9-11-19-25(21)30(26-20-12-10-14-22(26)2)28(32)33-29(27(31)34-30,23-15-5-3-6-16-23)24-17-7-4-8-18-24/h3-20H,1-2H3. The maximum atomic E-state index is 14.2. The third kappa shape index (κ3) is 3.14. The van der Waals surface area contributed by atoms with Crippen LogP contribution in [0.2, 0.25) is 0 Å². The molecule has 4 heteroatoms.